The van der Waals surface area contributed by atoms with E-state index >= 15 is 0 Å². The van der Waals surface area contributed by atoms with E-state index in [2.05, 4.69) is 4.98 Å². The van der Waals surface area contributed by atoms with Gasteiger partial charge in [-0.05, 0) is 12.2 Å². The minimum Gasteiger partial charge on any atom is -0.491 e. The zero-order chi connectivity index (χ0) is 15.8. The first kappa shape index (κ1) is 15.7. The number of ketones is 1. The molecule has 0 aliphatic rings. The largest absolute Gasteiger partial charge is 0.491 e. The molecule has 0 bridgehead atoms. The molecule has 22 heavy (non-hydrogen) atoms. The van der Waals surface area contributed by atoms with Crippen LogP contribution < -0.4 is 9.47 Å². The summed E-state index contributed by atoms with van der Waals surface area (Å²) in [4.78, 5) is 16.2. The number of carbonyl (C=O) groups is 1. The Hall–Kier alpha value is -2.66. The van der Waals surface area contributed by atoms with Crippen LogP contribution in [0, 0.1) is 0 Å². The molecule has 0 aliphatic heterocycles. The Kier molecular flexibility index (Phi) is 5.68. The molecule has 2 rings (SSSR count). The molecule has 0 atom stereocenters. The van der Waals surface area contributed by atoms with Crippen molar-refractivity contribution < 1.29 is 19.0 Å². The van der Waals surface area contributed by atoms with E-state index in [0.29, 0.717) is 22.8 Å². The molecule has 1 aromatic heterocycles. The standard InChI is InChI=1S/C17H17NO4/c1-20-12-22-16-10-14(18-11-17(16)21-2)8-9-15(19)13-6-4-3-5-7-13/h3-11H,12H2,1-2H3. The van der Waals surface area contributed by atoms with Gasteiger partial charge in [-0.3, -0.25) is 9.78 Å². The first-order valence-electron chi connectivity index (χ1n) is 6.68. The zero-order valence-corrected chi connectivity index (χ0v) is 12.5. The van der Waals surface area contributed by atoms with Crippen LogP contribution in [0.3, 0.4) is 0 Å². The summed E-state index contributed by atoms with van der Waals surface area (Å²) in [5, 5.41) is 0. The highest BCUT2D eigenvalue weighted by atomic mass is 16.7. The van der Waals surface area contributed by atoms with Crippen molar-refractivity contribution in [3.63, 3.8) is 0 Å². The van der Waals surface area contributed by atoms with Crippen LogP contribution >= 0.6 is 0 Å². The van der Waals surface area contributed by atoms with Crippen LogP contribution in [0.5, 0.6) is 11.5 Å². The molecule has 5 heteroatoms. The van der Waals surface area contributed by atoms with Gasteiger partial charge in [0.25, 0.3) is 0 Å². The molecule has 0 N–H and O–H groups in total. The molecule has 1 heterocycles. The summed E-state index contributed by atoms with van der Waals surface area (Å²) in [6.07, 6.45) is 4.65. The Balaban J connectivity index is 2.15. The van der Waals surface area contributed by atoms with Crippen molar-refractivity contribution in [2.24, 2.45) is 0 Å². The van der Waals surface area contributed by atoms with E-state index in [1.807, 2.05) is 18.2 Å². The topological polar surface area (TPSA) is 57.7 Å². The lowest BCUT2D eigenvalue weighted by Gasteiger charge is -2.09. The molecule has 0 fully saturated rings. The number of rotatable bonds is 7. The monoisotopic (exact) mass is 299 g/mol. The van der Waals surface area contributed by atoms with Crippen LogP contribution in [0.1, 0.15) is 16.1 Å². The molecule has 1 aromatic carbocycles. The summed E-state index contributed by atoms with van der Waals surface area (Å²) in [7, 11) is 3.07. The average Bonchev–Trinajstić information content (AvgIpc) is 2.58. The van der Waals surface area contributed by atoms with Gasteiger partial charge < -0.3 is 14.2 Å². The number of ether oxygens (including phenoxy) is 3. The molecule has 2 aromatic rings. The SMILES string of the molecule is COCOc1cc(C=CC(=O)c2ccccc2)ncc1OC. The maximum Gasteiger partial charge on any atom is 0.188 e. The van der Waals surface area contributed by atoms with E-state index < -0.39 is 0 Å². The van der Waals surface area contributed by atoms with Crippen LogP contribution in [0.2, 0.25) is 0 Å². The third-order valence-electron chi connectivity index (χ3n) is 2.87. The Morgan fingerprint density at radius 1 is 1.18 bits per heavy atom. The number of pyridine rings is 1. The highest BCUT2D eigenvalue weighted by Gasteiger charge is 2.06. The first-order valence-corrected chi connectivity index (χ1v) is 6.68. The second-order valence-corrected chi connectivity index (χ2v) is 4.37. The fraction of sp³-hybridized carbons (Fsp3) is 0.176. The van der Waals surface area contributed by atoms with Gasteiger partial charge in [-0.15, -0.1) is 0 Å². The lowest BCUT2D eigenvalue weighted by atomic mass is 10.1. The lowest BCUT2D eigenvalue weighted by Crippen LogP contribution is -2.01. The van der Waals surface area contributed by atoms with Gasteiger partial charge in [0.15, 0.2) is 24.1 Å². The molecular formula is C17H17NO4. The smallest absolute Gasteiger partial charge is 0.188 e. The maximum absolute atomic E-state index is 12.0. The van der Waals surface area contributed by atoms with Crippen molar-refractivity contribution in [2.75, 3.05) is 21.0 Å². The van der Waals surface area contributed by atoms with Gasteiger partial charge in [-0.25, -0.2) is 0 Å². The summed E-state index contributed by atoms with van der Waals surface area (Å²) < 4.78 is 15.4. The van der Waals surface area contributed by atoms with Gasteiger partial charge in [-0.2, -0.15) is 0 Å². The van der Waals surface area contributed by atoms with Crippen molar-refractivity contribution >= 4 is 11.9 Å². The molecule has 5 nitrogen and oxygen atoms in total. The summed E-state index contributed by atoms with van der Waals surface area (Å²) in [5.41, 5.74) is 1.22. The third kappa shape index (κ3) is 4.17. The zero-order valence-electron chi connectivity index (χ0n) is 12.5. The summed E-state index contributed by atoms with van der Waals surface area (Å²) >= 11 is 0. The highest BCUT2D eigenvalue weighted by molar-refractivity contribution is 6.06. The summed E-state index contributed by atoms with van der Waals surface area (Å²) in [5.74, 6) is 0.923. The number of hydrogen-bond donors (Lipinski definition) is 0. The van der Waals surface area contributed by atoms with Gasteiger partial charge in [0, 0.05) is 18.7 Å². The number of benzene rings is 1. The lowest BCUT2D eigenvalue weighted by molar-refractivity contribution is 0.0490. The maximum atomic E-state index is 12.0. The number of allylic oxidation sites excluding steroid dienone is 1. The highest BCUT2D eigenvalue weighted by Crippen LogP contribution is 2.26. The Morgan fingerprint density at radius 3 is 2.64 bits per heavy atom. The van der Waals surface area contributed by atoms with E-state index in [0.717, 1.165) is 0 Å². The van der Waals surface area contributed by atoms with Gasteiger partial charge in [-0.1, -0.05) is 30.3 Å². The average molecular weight is 299 g/mol. The van der Waals surface area contributed by atoms with E-state index in [1.54, 1.807) is 24.3 Å². The van der Waals surface area contributed by atoms with Crippen molar-refractivity contribution in [3.8, 4) is 11.5 Å². The van der Waals surface area contributed by atoms with E-state index in [1.165, 1.54) is 26.5 Å². The van der Waals surface area contributed by atoms with Crippen LogP contribution in [0.25, 0.3) is 6.08 Å². The molecule has 0 saturated carbocycles. The Morgan fingerprint density at radius 2 is 1.95 bits per heavy atom. The van der Waals surface area contributed by atoms with Crippen molar-refractivity contribution in [1.82, 2.24) is 4.98 Å². The molecule has 114 valence electrons. The number of nitrogens with zero attached hydrogens (tertiary/aromatic N) is 1. The predicted molar refractivity (Wildman–Crippen MR) is 83.1 cm³/mol. The number of aromatic nitrogens is 1. The Labute approximate surface area is 129 Å². The third-order valence-corrected chi connectivity index (χ3v) is 2.87. The fourth-order valence-corrected chi connectivity index (χ4v) is 1.78. The molecule has 0 unspecified atom stereocenters. The van der Waals surface area contributed by atoms with Gasteiger partial charge in [0.2, 0.25) is 0 Å². The summed E-state index contributed by atoms with van der Waals surface area (Å²) in [6.45, 7) is 0.104. The molecular weight excluding hydrogens is 282 g/mol. The van der Waals surface area contributed by atoms with E-state index in [4.69, 9.17) is 14.2 Å². The minimum absolute atomic E-state index is 0.0856. The minimum atomic E-state index is -0.0856. The molecule has 0 spiro atoms. The van der Waals surface area contributed by atoms with Crippen molar-refractivity contribution in [2.45, 2.75) is 0 Å². The number of hydrogen-bond acceptors (Lipinski definition) is 5. The fourth-order valence-electron chi connectivity index (χ4n) is 1.78. The predicted octanol–water partition coefficient (Wildman–Crippen LogP) is 2.97. The van der Waals surface area contributed by atoms with Gasteiger partial charge in [0.1, 0.15) is 0 Å². The van der Waals surface area contributed by atoms with Crippen LogP contribution in [-0.2, 0) is 4.74 Å². The molecule has 0 aliphatic carbocycles. The van der Waals surface area contributed by atoms with E-state index in [9.17, 15) is 4.79 Å². The second kappa shape index (κ2) is 7.95. The van der Waals surface area contributed by atoms with E-state index in [-0.39, 0.29) is 12.6 Å². The van der Waals surface area contributed by atoms with Gasteiger partial charge in [0.05, 0.1) is 19.0 Å². The van der Waals surface area contributed by atoms with Gasteiger partial charge >= 0.3 is 0 Å². The van der Waals surface area contributed by atoms with Crippen molar-refractivity contribution in [3.05, 3.63) is 59.9 Å². The normalized spacial score (nSPS) is 10.6. The first-order chi connectivity index (χ1) is 10.7. The number of carbonyl (C=O) groups excluding carboxylic acids is 1. The molecule has 0 radical (unpaired) electrons. The second-order valence-electron chi connectivity index (χ2n) is 4.37. The molecule has 0 amide bonds. The summed E-state index contributed by atoms with van der Waals surface area (Å²) in [6, 6.07) is 10.7. The number of methoxy groups -OCH3 is 2. The molecule has 0 saturated heterocycles. The van der Waals surface area contributed by atoms with Crippen molar-refractivity contribution in [1.29, 1.82) is 0 Å². The quantitative estimate of drug-likeness (QED) is 0.447. The van der Waals surface area contributed by atoms with Crippen LogP contribution in [0.4, 0.5) is 0 Å². The van der Waals surface area contributed by atoms with Crippen LogP contribution in [0.15, 0.2) is 48.7 Å². The Bertz CT molecular complexity index is 653. The van der Waals surface area contributed by atoms with Crippen LogP contribution in [-0.4, -0.2) is 31.8 Å².